The van der Waals surface area contributed by atoms with E-state index in [0.29, 0.717) is 12.3 Å². The Morgan fingerprint density at radius 2 is 1.90 bits per heavy atom. The molecule has 0 saturated heterocycles. The number of benzene rings is 1. The van der Waals surface area contributed by atoms with Gasteiger partial charge >= 0.3 is 5.97 Å². The van der Waals surface area contributed by atoms with Crippen LogP contribution in [0.25, 0.3) is 0 Å². The lowest BCUT2D eigenvalue weighted by Gasteiger charge is -2.27. The van der Waals surface area contributed by atoms with Gasteiger partial charge in [0, 0.05) is 12.2 Å². The molecule has 5 nitrogen and oxygen atoms in total. The standard InChI is InChI=1S/C16H24N2O3/c1-11(2)10-13(17)16(21)18(9-8-15(19)20)14-7-5-4-6-12(14)3/h4-7,11,13H,8-10,17H2,1-3H3,(H,19,20)/t13-/m1/s1. The third-order valence-electron chi connectivity index (χ3n) is 3.26. The lowest BCUT2D eigenvalue weighted by Crippen LogP contribution is -2.45. The highest BCUT2D eigenvalue weighted by Gasteiger charge is 2.24. The number of para-hydroxylation sites is 1. The predicted octanol–water partition coefficient (Wildman–Crippen LogP) is 2.18. The molecular weight excluding hydrogens is 268 g/mol. The van der Waals surface area contributed by atoms with Crippen LogP contribution in [0, 0.1) is 12.8 Å². The van der Waals surface area contributed by atoms with Crippen LogP contribution in [-0.4, -0.2) is 29.6 Å². The first-order chi connectivity index (χ1) is 9.82. The molecule has 1 atom stereocenters. The van der Waals surface area contributed by atoms with E-state index in [-0.39, 0.29) is 18.9 Å². The van der Waals surface area contributed by atoms with E-state index in [2.05, 4.69) is 0 Å². The average molecular weight is 292 g/mol. The Morgan fingerprint density at radius 1 is 1.29 bits per heavy atom. The van der Waals surface area contributed by atoms with Gasteiger partial charge in [-0.3, -0.25) is 9.59 Å². The minimum absolute atomic E-state index is 0.103. The molecular formula is C16H24N2O3. The van der Waals surface area contributed by atoms with Crippen molar-refractivity contribution < 1.29 is 14.7 Å². The summed E-state index contributed by atoms with van der Waals surface area (Å²) < 4.78 is 0. The number of aryl methyl sites for hydroxylation is 1. The summed E-state index contributed by atoms with van der Waals surface area (Å²) in [5.74, 6) is -0.847. The smallest absolute Gasteiger partial charge is 0.305 e. The van der Waals surface area contributed by atoms with Gasteiger partial charge in [0.15, 0.2) is 0 Å². The van der Waals surface area contributed by atoms with Gasteiger partial charge < -0.3 is 15.7 Å². The number of anilines is 1. The second-order valence-corrected chi connectivity index (χ2v) is 5.66. The number of nitrogens with two attached hydrogens (primary N) is 1. The fourth-order valence-corrected chi connectivity index (χ4v) is 2.23. The SMILES string of the molecule is Cc1ccccc1N(CCC(=O)O)C(=O)[C@H](N)CC(C)C. The van der Waals surface area contributed by atoms with Gasteiger partial charge in [-0.05, 0) is 30.9 Å². The number of carbonyl (C=O) groups excluding carboxylic acids is 1. The zero-order chi connectivity index (χ0) is 16.0. The zero-order valence-electron chi connectivity index (χ0n) is 12.9. The van der Waals surface area contributed by atoms with E-state index >= 15 is 0 Å². The van der Waals surface area contributed by atoms with E-state index in [1.165, 1.54) is 4.90 Å². The Balaban J connectivity index is 2.99. The number of rotatable bonds is 7. The molecule has 116 valence electrons. The highest BCUT2D eigenvalue weighted by Crippen LogP contribution is 2.21. The molecule has 0 radical (unpaired) electrons. The van der Waals surface area contributed by atoms with E-state index in [4.69, 9.17) is 10.8 Å². The molecule has 5 heteroatoms. The van der Waals surface area contributed by atoms with Crippen molar-refractivity contribution >= 4 is 17.6 Å². The highest BCUT2D eigenvalue weighted by atomic mass is 16.4. The van der Waals surface area contributed by atoms with Gasteiger partial charge in [0.25, 0.3) is 0 Å². The molecule has 0 heterocycles. The van der Waals surface area contributed by atoms with Gasteiger partial charge in [-0.1, -0.05) is 32.0 Å². The lowest BCUT2D eigenvalue weighted by molar-refractivity contribution is -0.136. The number of carbonyl (C=O) groups is 2. The fraction of sp³-hybridized carbons (Fsp3) is 0.500. The molecule has 0 fully saturated rings. The Labute approximate surface area is 125 Å². The van der Waals surface area contributed by atoms with Gasteiger partial charge in [0.1, 0.15) is 0 Å². The molecule has 0 aromatic heterocycles. The summed E-state index contributed by atoms with van der Waals surface area (Å²) in [7, 11) is 0. The van der Waals surface area contributed by atoms with Crippen LogP contribution in [0.5, 0.6) is 0 Å². The van der Waals surface area contributed by atoms with Crippen molar-refractivity contribution in [2.45, 2.75) is 39.7 Å². The Kier molecular flexibility index (Phi) is 6.37. The summed E-state index contributed by atoms with van der Waals surface area (Å²) in [4.78, 5) is 24.9. The maximum atomic E-state index is 12.6. The molecule has 0 aliphatic rings. The van der Waals surface area contributed by atoms with Crippen LogP contribution in [0.4, 0.5) is 5.69 Å². The van der Waals surface area contributed by atoms with Crippen molar-refractivity contribution in [3.63, 3.8) is 0 Å². The number of carboxylic acids is 1. The van der Waals surface area contributed by atoms with Crippen LogP contribution >= 0.6 is 0 Å². The van der Waals surface area contributed by atoms with Crippen molar-refractivity contribution in [3.05, 3.63) is 29.8 Å². The fourth-order valence-electron chi connectivity index (χ4n) is 2.23. The second kappa shape index (κ2) is 7.78. The molecule has 0 spiro atoms. The summed E-state index contributed by atoms with van der Waals surface area (Å²) >= 11 is 0. The van der Waals surface area contributed by atoms with Crippen molar-refractivity contribution in [1.82, 2.24) is 0 Å². The van der Waals surface area contributed by atoms with Gasteiger partial charge in [-0.15, -0.1) is 0 Å². The summed E-state index contributed by atoms with van der Waals surface area (Å²) in [6.45, 7) is 6.03. The Morgan fingerprint density at radius 3 is 2.43 bits per heavy atom. The van der Waals surface area contributed by atoms with Crippen LogP contribution in [0.1, 0.15) is 32.3 Å². The third-order valence-corrected chi connectivity index (χ3v) is 3.26. The molecule has 1 aromatic rings. The first kappa shape index (κ1) is 17.2. The van der Waals surface area contributed by atoms with E-state index in [1.54, 1.807) is 0 Å². The number of carboxylic acid groups (broad SMARTS) is 1. The molecule has 0 aliphatic carbocycles. The highest BCUT2D eigenvalue weighted by molar-refractivity contribution is 5.98. The van der Waals surface area contributed by atoms with Crippen LogP contribution in [-0.2, 0) is 9.59 Å². The number of amides is 1. The van der Waals surface area contributed by atoms with E-state index in [0.717, 1.165) is 11.3 Å². The molecule has 0 bridgehead atoms. The van der Waals surface area contributed by atoms with Gasteiger partial charge in [0.05, 0.1) is 12.5 Å². The first-order valence-electron chi connectivity index (χ1n) is 7.17. The van der Waals surface area contributed by atoms with E-state index < -0.39 is 12.0 Å². The van der Waals surface area contributed by atoms with Crippen LogP contribution < -0.4 is 10.6 Å². The summed E-state index contributed by atoms with van der Waals surface area (Å²) in [6, 6.07) is 6.81. The topological polar surface area (TPSA) is 83.6 Å². The number of aliphatic carboxylic acids is 1. The maximum Gasteiger partial charge on any atom is 0.305 e. The average Bonchev–Trinajstić information content (AvgIpc) is 2.39. The van der Waals surface area contributed by atoms with Gasteiger partial charge in [-0.2, -0.15) is 0 Å². The van der Waals surface area contributed by atoms with Crippen LogP contribution in [0.2, 0.25) is 0 Å². The Bertz CT molecular complexity index is 500. The predicted molar refractivity (Wildman–Crippen MR) is 83.2 cm³/mol. The van der Waals surface area contributed by atoms with Crippen molar-refractivity contribution in [2.24, 2.45) is 11.7 Å². The zero-order valence-corrected chi connectivity index (χ0v) is 12.9. The molecule has 0 saturated carbocycles. The largest absolute Gasteiger partial charge is 0.481 e. The van der Waals surface area contributed by atoms with Crippen molar-refractivity contribution in [1.29, 1.82) is 0 Å². The van der Waals surface area contributed by atoms with E-state index in [9.17, 15) is 9.59 Å². The Hall–Kier alpha value is -1.88. The second-order valence-electron chi connectivity index (χ2n) is 5.66. The monoisotopic (exact) mass is 292 g/mol. The molecule has 1 aromatic carbocycles. The molecule has 21 heavy (non-hydrogen) atoms. The van der Waals surface area contributed by atoms with Crippen molar-refractivity contribution in [3.8, 4) is 0 Å². The van der Waals surface area contributed by atoms with Gasteiger partial charge in [-0.25, -0.2) is 0 Å². The minimum atomic E-state index is -0.932. The normalized spacial score (nSPS) is 12.2. The number of hydrogen-bond acceptors (Lipinski definition) is 3. The molecule has 0 aliphatic heterocycles. The van der Waals surface area contributed by atoms with Crippen LogP contribution in [0.15, 0.2) is 24.3 Å². The lowest BCUT2D eigenvalue weighted by atomic mass is 10.0. The molecule has 1 amide bonds. The number of hydrogen-bond donors (Lipinski definition) is 2. The summed E-state index contributed by atoms with van der Waals surface area (Å²) in [5, 5.41) is 8.88. The molecule has 0 unspecified atom stereocenters. The summed E-state index contributed by atoms with van der Waals surface area (Å²) in [5.41, 5.74) is 7.62. The quantitative estimate of drug-likeness (QED) is 0.806. The minimum Gasteiger partial charge on any atom is -0.481 e. The molecule has 1 rings (SSSR count). The van der Waals surface area contributed by atoms with Crippen molar-refractivity contribution in [2.75, 3.05) is 11.4 Å². The maximum absolute atomic E-state index is 12.6. The molecule has 3 N–H and O–H groups in total. The third kappa shape index (κ3) is 5.19. The van der Waals surface area contributed by atoms with E-state index in [1.807, 2.05) is 45.0 Å². The van der Waals surface area contributed by atoms with Crippen LogP contribution in [0.3, 0.4) is 0 Å². The number of nitrogens with zero attached hydrogens (tertiary/aromatic N) is 1. The summed E-state index contributed by atoms with van der Waals surface area (Å²) in [6.07, 6.45) is 0.475. The van der Waals surface area contributed by atoms with Gasteiger partial charge in [0.2, 0.25) is 5.91 Å². The first-order valence-corrected chi connectivity index (χ1v) is 7.17.